The molecule has 0 saturated heterocycles. The topological polar surface area (TPSA) is 92.5 Å². The summed E-state index contributed by atoms with van der Waals surface area (Å²) >= 11 is 1.29. The van der Waals surface area contributed by atoms with Gasteiger partial charge in [0.2, 0.25) is 10.0 Å². The fourth-order valence-electron chi connectivity index (χ4n) is 3.04. The molecule has 2 aromatic heterocycles. The molecule has 0 aliphatic carbocycles. The van der Waals surface area contributed by atoms with Crippen molar-refractivity contribution < 1.29 is 17.6 Å². The van der Waals surface area contributed by atoms with E-state index in [0.717, 1.165) is 22.6 Å². The van der Waals surface area contributed by atoms with Crippen LogP contribution in [0.3, 0.4) is 0 Å². The van der Waals surface area contributed by atoms with Crippen LogP contribution in [0.2, 0.25) is 0 Å². The predicted octanol–water partition coefficient (Wildman–Crippen LogP) is 3.30. The quantitative estimate of drug-likeness (QED) is 0.688. The SMILES string of the molecule is CCc1ccc(S(=O)(=O)N2CCc3nc(NC(=O)c4ccco4)sc3C2)cc1. The predicted molar refractivity (Wildman–Crippen MR) is 106 cm³/mol. The van der Waals surface area contributed by atoms with Gasteiger partial charge in [-0.3, -0.25) is 10.1 Å². The molecule has 146 valence electrons. The normalized spacial score (nSPS) is 14.6. The summed E-state index contributed by atoms with van der Waals surface area (Å²) in [7, 11) is -3.57. The Labute approximate surface area is 167 Å². The van der Waals surface area contributed by atoms with Gasteiger partial charge in [0.05, 0.1) is 23.4 Å². The number of aryl methyl sites for hydroxylation is 1. The van der Waals surface area contributed by atoms with Crippen molar-refractivity contribution in [2.75, 3.05) is 11.9 Å². The van der Waals surface area contributed by atoms with Gasteiger partial charge >= 0.3 is 0 Å². The zero-order valence-electron chi connectivity index (χ0n) is 15.2. The first-order chi connectivity index (χ1) is 13.5. The Kier molecular flexibility index (Phi) is 5.05. The molecule has 1 aliphatic heterocycles. The van der Waals surface area contributed by atoms with Gasteiger partial charge in [-0.05, 0) is 36.2 Å². The van der Waals surface area contributed by atoms with Crippen LogP contribution >= 0.6 is 11.3 Å². The maximum atomic E-state index is 13.0. The molecular formula is C19H19N3O4S2. The van der Waals surface area contributed by atoms with E-state index in [1.807, 2.05) is 19.1 Å². The molecule has 28 heavy (non-hydrogen) atoms. The summed E-state index contributed by atoms with van der Waals surface area (Å²) in [5.74, 6) is -0.176. The number of carbonyl (C=O) groups is 1. The molecule has 0 unspecified atom stereocenters. The molecule has 1 aliphatic rings. The number of nitrogens with zero attached hydrogens (tertiary/aromatic N) is 2. The standard InChI is InChI=1S/C19H19N3O4S2/c1-2-13-5-7-14(8-6-13)28(24,25)22-10-9-15-17(12-22)27-19(20-15)21-18(23)16-4-3-11-26-16/h3-8,11H,2,9-10,12H2,1H3,(H,20,21,23). The first-order valence-corrected chi connectivity index (χ1v) is 11.2. The van der Waals surface area contributed by atoms with Crippen molar-refractivity contribution in [1.82, 2.24) is 9.29 Å². The summed E-state index contributed by atoms with van der Waals surface area (Å²) in [5, 5.41) is 3.15. The molecular weight excluding hydrogens is 398 g/mol. The molecule has 0 fully saturated rings. The number of benzene rings is 1. The average Bonchev–Trinajstić information content (AvgIpc) is 3.36. The monoisotopic (exact) mass is 417 g/mol. The lowest BCUT2D eigenvalue weighted by molar-refractivity contribution is 0.0996. The molecule has 0 spiro atoms. The molecule has 0 saturated carbocycles. The third kappa shape index (κ3) is 3.60. The zero-order chi connectivity index (χ0) is 19.7. The molecule has 0 radical (unpaired) electrons. The van der Waals surface area contributed by atoms with Crippen LogP contribution in [-0.4, -0.2) is 30.2 Å². The number of carbonyl (C=O) groups excluding carboxylic acids is 1. The Balaban J connectivity index is 1.51. The highest BCUT2D eigenvalue weighted by atomic mass is 32.2. The molecule has 9 heteroatoms. The summed E-state index contributed by atoms with van der Waals surface area (Å²) in [4.78, 5) is 17.7. The van der Waals surface area contributed by atoms with Crippen molar-refractivity contribution in [1.29, 1.82) is 0 Å². The Hall–Kier alpha value is -2.49. The van der Waals surface area contributed by atoms with E-state index in [0.29, 0.717) is 23.0 Å². The number of amides is 1. The van der Waals surface area contributed by atoms with Gasteiger partial charge in [0, 0.05) is 17.8 Å². The number of fused-ring (bicyclic) bond motifs is 1. The van der Waals surface area contributed by atoms with Crippen LogP contribution in [-0.2, 0) is 29.4 Å². The zero-order valence-corrected chi connectivity index (χ0v) is 16.8. The molecule has 4 rings (SSSR count). The van der Waals surface area contributed by atoms with Crippen molar-refractivity contribution in [2.45, 2.75) is 31.2 Å². The smallest absolute Gasteiger partial charge is 0.293 e. The van der Waals surface area contributed by atoms with Crippen LogP contribution in [0.25, 0.3) is 0 Å². The molecule has 0 atom stereocenters. The van der Waals surface area contributed by atoms with E-state index in [1.54, 1.807) is 24.3 Å². The highest BCUT2D eigenvalue weighted by Crippen LogP contribution is 2.31. The molecule has 3 aromatic rings. The van der Waals surface area contributed by atoms with Crippen molar-refractivity contribution in [3.63, 3.8) is 0 Å². The highest BCUT2D eigenvalue weighted by molar-refractivity contribution is 7.89. The van der Waals surface area contributed by atoms with E-state index in [4.69, 9.17) is 4.42 Å². The van der Waals surface area contributed by atoms with Crippen LogP contribution in [0.15, 0.2) is 52.0 Å². The Morgan fingerprint density at radius 3 is 2.75 bits per heavy atom. The van der Waals surface area contributed by atoms with Crippen LogP contribution in [0, 0.1) is 0 Å². The van der Waals surface area contributed by atoms with Crippen LogP contribution in [0.5, 0.6) is 0 Å². The number of nitrogens with one attached hydrogen (secondary N) is 1. The van der Waals surface area contributed by atoms with Gasteiger partial charge < -0.3 is 4.42 Å². The van der Waals surface area contributed by atoms with Gasteiger partial charge in [-0.25, -0.2) is 13.4 Å². The largest absolute Gasteiger partial charge is 0.459 e. The van der Waals surface area contributed by atoms with Crippen molar-refractivity contribution in [3.8, 4) is 0 Å². The minimum atomic E-state index is -3.57. The average molecular weight is 418 g/mol. The fraction of sp³-hybridized carbons (Fsp3) is 0.263. The second-order valence-corrected chi connectivity index (χ2v) is 9.43. The number of hydrogen-bond acceptors (Lipinski definition) is 6. The lowest BCUT2D eigenvalue weighted by Gasteiger charge is -2.25. The molecule has 1 aromatic carbocycles. The molecule has 1 N–H and O–H groups in total. The minimum Gasteiger partial charge on any atom is -0.459 e. The van der Waals surface area contributed by atoms with Crippen molar-refractivity contribution in [2.24, 2.45) is 0 Å². The summed E-state index contributed by atoms with van der Waals surface area (Å²) in [6.45, 7) is 2.64. The Morgan fingerprint density at radius 1 is 1.29 bits per heavy atom. The van der Waals surface area contributed by atoms with Crippen molar-refractivity contribution in [3.05, 3.63) is 64.6 Å². The number of anilines is 1. The molecule has 0 bridgehead atoms. The van der Waals surface area contributed by atoms with Crippen LogP contribution in [0.4, 0.5) is 5.13 Å². The lowest BCUT2D eigenvalue weighted by Crippen LogP contribution is -2.35. The molecule has 1 amide bonds. The minimum absolute atomic E-state index is 0.202. The highest BCUT2D eigenvalue weighted by Gasteiger charge is 2.30. The summed E-state index contributed by atoms with van der Waals surface area (Å²) < 4.78 is 32.5. The lowest BCUT2D eigenvalue weighted by atomic mass is 10.2. The van der Waals surface area contributed by atoms with E-state index >= 15 is 0 Å². The number of hydrogen-bond donors (Lipinski definition) is 1. The summed E-state index contributed by atoms with van der Waals surface area (Å²) in [6.07, 6.45) is 2.80. The Bertz CT molecular complexity index is 1090. The number of rotatable bonds is 5. The third-order valence-electron chi connectivity index (χ3n) is 4.63. The number of aromatic nitrogens is 1. The van der Waals surface area contributed by atoms with E-state index in [-0.39, 0.29) is 18.2 Å². The van der Waals surface area contributed by atoms with E-state index in [2.05, 4.69) is 10.3 Å². The van der Waals surface area contributed by atoms with Crippen molar-refractivity contribution >= 4 is 32.4 Å². The van der Waals surface area contributed by atoms with Gasteiger partial charge in [-0.2, -0.15) is 4.31 Å². The number of sulfonamides is 1. The first-order valence-electron chi connectivity index (χ1n) is 8.90. The maximum Gasteiger partial charge on any atom is 0.293 e. The van der Waals surface area contributed by atoms with Gasteiger partial charge in [0.15, 0.2) is 10.9 Å². The van der Waals surface area contributed by atoms with E-state index in [9.17, 15) is 13.2 Å². The van der Waals surface area contributed by atoms with E-state index in [1.165, 1.54) is 21.9 Å². The van der Waals surface area contributed by atoms with Crippen LogP contribution in [0.1, 0.15) is 33.6 Å². The van der Waals surface area contributed by atoms with Gasteiger partial charge in [-0.15, -0.1) is 11.3 Å². The molecule has 3 heterocycles. The van der Waals surface area contributed by atoms with E-state index < -0.39 is 10.0 Å². The second-order valence-electron chi connectivity index (χ2n) is 6.41. The third-order valence-corrected chi connectivity index (χ3v) is 7.49. The number of thiazole rings is 1. The van der Waals surface area contributed by atoms with Gasteiger partial charge in [0.25, 0.3) is 5.91 Å². The van der Waals surface area contributed by atoms with Gasteiger partial charge in [0.1, 0.15) is 0 Å². The summed E-state index contributed by atoms with van der Waals surface area (Å²) in [5.41, 5.74) is 1.92. The number of furan rings is 1. The second kappa shape index (κ2) is 7.50. The fourth-order valence-corrected chi connectivity index (χ4v) is 5.55. The Morgan fingerprint density at radius 2 is 2.07 bits per heavy atom. The molecule has 7 nitrogen and oxygen atoms in total. The maximum absolute atomic E-state index is 13.0. The van der Waals surface area contributed by atoms with Gasteiger partial charge in [-0.1, -0.05) is 19.1 Å². The first kappa shape index (κ1) is 18.9. The summed E-state index contributed by atoms with van der Waals surface area (Å²) in [6, 6.07) is 10.2. The van der Waals surface area contributed by atoms with Crippen LogP contribution < -0.4 is 5.32 Å².